The molecule has 4 nitrogen and oxygen atoms in total. The fraction of sp³-hybridized carbons (Fsp3) is 0.733. The largest absolute Gasteiger partial charge is 0.353 e. The van der Waals surface area contributed by atoms with E-state index in [9.17, 15) is 4.79 Å². The zero-order chi connectivity index (χ0) is 14.6. The van der Waals surface area contributed by atoms with Gasteiger partial charge in [0, 0.05) is 19.6 Å². The number of anilines is 1. The summed E-state index contributed by atoms with van der Waals surface area (Å²) >= 11 is 0. The van der Waals surface area contributed by atoms with Gasteiger partial charge in [-0.1, -0.05) is 27.7 Å². The molecule has 19 heavy (non-hydrogen) atoms. The van der Waals surface area contributed by atoms with Crippen molar-refractivity contribution in [3.05, 3.63) is 11.3 Å². The number of aldehydes is 1. The molecule has 0 N–H and O–H groups in total. The van der Waals surface area contributed by atoms with Crippen LogP contribution >= 0.6 is 0 Å². The van der Waals surface area contributed by atoms with Crippen molar-refractivity contribution in [1.82, 2.24) is 9.78 Å². The Morgan fingerprint density at radius 2 is 1.89 bits per heavy atom. The molecule has 4 heteroatoms. The third-order valence-corrected chi connectivity index (χ3v) is 3.57. The van der Waals surface area contributed by atoms with E-state index in [1.165, 1.54) is 0 Å². The maximum atomic E-state index is 11.4. The first kappa shape index (κ1) is 15.7. The fourth-order valence-corrected chi connectivity index (χ4v) is 2.67. The number of nitrogens with zero attached hydrogens (tertiary/aromatic N) is 3. The topological polar surface area (TPSA) is 38.1 Å². The van der Waals surface area contributed by atoms with Gasteiger partial charge in [-0.25, -0.2) is 0 Å². The van der Waals surface area contributed by atoms with Crippen LogP contribution in [0.2, 0.25) is 0 Å². The molecule has 0 fully saturated rings. The number of carbonyl (C=O) groups excluding carboxylic acids is 1. The predicted octanol–water partition coefficient (Wildman–Crippen LogP) is 3.19. The van der Waals surface area contributed by atoms with E-state index in [-0.39, 0.29) is 0 Å². The average Bonchev–Trinajstić information content (AvgIpc) is 2.63. The van der Waals surface area contributed by atoms with Crippen molar-refractivity contribution in [2.75, 3.05) is 11.4 Å². The molecule has 0 saturated heterocycles. The summed E-state index contributed by atoms with van der Waals surface area (Å²) < 4.78 is 1.85. The van der Waals surface area contributed by atoms with E-state index in [0.717, 1.165) is 42.7 Å². The minimum Gasteiger partial charge on any atom is -0.353 e. The van der Waals surface area contributed by atoms with Gasteiger partial charge < -0.3 is 4.90 Å². The molecule has 1 aromatic heterocycles. The van der Waals surface area contributed by atoms with Crippen LogP contribution < -0.4 is 4.90 Å². The molecule has 1 heterocycles. The van der Waals surface area contributed by atoms with E-state index >= 15 is 0 Å². The van der Waals surface area contributed by atoms with Gasteiger partial charge in [0.1, 0.15) is 5.82 Å². The Kier molecular flexibility index (Phi) is 5.58. The Balaban J connectivity index is 3.27. The molecule has 108 valence electrons. The van der Waals surface area contributed by atoms with Crippen molar-refractivity contribution in [2.45, 2.75) is 53.5 Å². The highest BCUT2D eigenvalue weighted by atomic mass is 16.1. The van der Waals surface area contributed by atoms with Gasteiger partial charge in [0.15, 0.2) is 6.29 Å². The molecular weight excluding hydrogens is 238 g/mol. The predicted molar refractivity (Wildman–Crippen MR) is 79.9 cm³/mol. The van der Waals surface area contributed by atoms with Crippen LogP contribution in [-0.4, -0.2) is 28.7 Å². The van der Waals surface area contributed by atoms with Crippen molar-refractivity contribution < 1.29 is 4.79 Å². The molecule has 0 radical (unpaired) electrons. The van der Waals surface area contributed by atoms with Crippen LogP contribution in [0.1, 0.15) is 56.6 Å². The van der Waals surface area contributed by atoms with Gasteiger partial charge in [-0.2, -0.15) is 5.10 Å². The van der Waals surface area contributed by atoms with Gasteiger partial charge in [0.05, 0.1) is 11.3 Å². The van der Waals surface area contributed by atoms with Gasteiger partial charge in [0.25, 0.3) is 0 Å². The number of aromatic nitrogens is 2. The van der Waals surface area contributed by atoms with Crippen molar-refractivity contribution >= 4 is 12.1 Å². The molecule has 1 aromatic rings. The van der Waals surface area contributed by atoms with Crippen LogP contribution in [0.15, 0.2) is 0 Å². The number of hydrogen-bond donors (Lipinski definition) is 0. The van der Waals surface area contributed by atoms with E-state index in [0.29, 0.717) is 12.0 Å². The lowest BCUT2D eigenvalue weighted by atomic mass is 10.1. The number of carbonyl (C=O) groups is 1. The summed E-state index contributed by atoms with van der Waals surface area (Å²) in [5.41, 5.74) is 1.54. The Labute approximate surface area is 116 Å². The van der Waals surface area contributed by atoms with E-state index in [1.54, 1.807) is 0 Å². The molecule has 0 aliphatic rings. The molecule has 0 aliphatic heterocycles. The normalized spacial score (nSPS) is 11.4. The molecule has 0 saturated carbocycles. The quantitative estimate of drug-likeness (QED) is 0.711. The maximum Gasteiger partial charge on any atom is 0.155 e. The summed E-state index contributed by atoms with van der Waals surface area (Å²) in [4.78, 5) is 13.7. The van der Waals surface area contributed by atoms with Gasteiger partial charge in [-0.15, -0.1) is 0 Å². The molecule has 0 atom stereocenters. The van der Waals surface area contributed by atoms with Crippen LogP contribution in [0.3, 0.4) is 0 Å². The van der Waals surface area contributed by atoms with Crippen LogP contribution in [0.4, 0.5) is 5.82 Å². The summed E-state index contributed by atoms with van der Waals surface area (Å²) in [6, 6.07) is 0.455. The van der Waals surface area contributed by atoms with Crippen LogP contribution in [0.5, 0.6) is 0 Å². The first-order chi connectivity index (χ1) is 8.96. The highest BCUT2D eigenvalue weighted by molar-refractivity contribution is 5.84. The third kappa shape index (κ3) is 3.37. The summed E-state index contributed by atoms with van der Waals surface area (Å²) in [6.07, 6.45) is 3.09. The lowest BCUT2D eigenvalue weighted by Gasteiger charge is -2.34. The van der Waals surface area contributed by atoms with Gasteiger partial charge in [0.2, 0.25) is 0 Å². The second kappa shape index (κ2) is 6.73. The van der Waals surface area contributed by atoms with Crippen molar-refractivity contribution in [1.29, 1.82) is 0 Å². The molecule has 0 spiro atoms. The molecular formula is C15H27N3O. The maximum absolute atomic E-state index is 11.4. The summed E-state index contributed by atoms with van der Waals surface area (Å²) in [5, 5.41) is 4.40. The van der Waals surface area contributed by atoms with Crippen molar-refractivity contribution in [3.8, 4) is 0 Å². The highest BCUT2D eigenvalue weighted by Crippen LogP contribution is 2.26. The number of aryl methyl sites for hydroxylation is 2. The molecule has 0 aliphatic carbocycles. The first-order valence-corrected chi connectivity index (χ1v) is 7.21. The monoisotopic (exact) mass is 265 g/mol. The molecule has 0 bridgehead atoms. The fourth-order valence-electron chi connectivity index (χ4n) is 2.67. The standard InChI is InChI=1S/C15H27N3O/c1-7-13(8-2)18(9-11(3)4)15-14(10-19)12(5)16-17(15)6/h10-11,13H,7-9H2,1-6H3. The van der Waals surface area contributed by atoms with E-state index < -0.39 is 0 Å². The lowest BCUT2D eigenvalue weighted by Crippen LogP contribution is -2.39. The Bertz CT molecular complexity index is 419. The Morgan fingerprint density at radius 3 is 2.32 bits per heavy atom. The number of hydrogen-bond acceptors (Lipinski definition) is 3. The lowest BCUT2D eigenvalue weighted by molar-refractivity contribution is 0.112. The second-order valence-electron chi connectivity index (χ2n) is 5.58. The van der Waals surface area contributed by atoms with Gasteiger partial charge in [-0.3, -0.25) is 9.48 Å². The van der Waals surface area contributed by atoms with Crippen LogP contribution in [0.25, 0.3) is 0 Å². The minimum atomic E-state index is 0.455. The summed E-state index contributed by atoms with van der Waals surface area (Å²) in [5.74, 6) is 1.52. The molecule has 0 aromatic carbocycles. The SMILES string of the molecule is CCC(CC)N(CC(C)C)c1c(C=O)c(C)nn1C. The van der Waals surface area contributed by atoms with Gasteiger partial charge in [-0.05, 0) is 25.7 Å². The molecule has 0 amide bonds. The summed E-state index contributed by atoms with van der Waals surface area (Å²) in [7, 11) is 1.92. The average molecular weight is 265 g/mol. The van der Waals surface area contributed by atoms with Crippen LogP contribution in [0, 0.1) is 12.8 Å². The zero-order valence-corrected chi connectivity index (χ0v) is 13.1. The van der Waals surface area contributed by atoms with E-state index in [1.807, 2.05) is 18.7 Å². The smallest absolute Gasteiger partial charge is 0.155 e. The van der Waals surface area contributed by atoms with Crippen molar-refractivity contribution in [3.63, 3.8) is 0 Å². The minimum absolute atomic E-state index is 0.455. The Morgan fingerprint density at radius 1 is 1.32 bits per heavy atom. The Hall–Kier alpha value is -1.32. The molecule has 1 rings (SSSR count). The van der Waals surface area contributed by atoms with Crippen LogP contribution in [-0.2, 0) is 7.05 Å². The molecule has 0 unspecified atom stereocenters. The first-order valence-electron chi connectivity index (χ1n) is 7.21. The van der Waals surface area contributed by atoms with Gasteiger partial charge >= 0.3 is 0 Å². The second-order valence-corrected chi connectivity index (χ2v) is 5.58. The summed E-state index contributed by atoms with van der Waals surface area (Å²) in [6.45, 7) is 11.7. The highest BCUT2D eigenvalue weighted by Gasteiger charge is 2.24. The zero-order valence-electron chi connectivity index (χ0n) is 13.1. The third-order valence-electron chi connectivity index (χ3n) is 3.57. The van der Waals surface area contributed by atoms with Crippen molar-refractivity contribution in [2.24, 2.45) is 13.0 Å². The van der Waals surface area contributed by atoms with E-state index in [4.69, 9.17) is 0 Å². The van der Waals surface area contributed by atoms with E-state index in [2.05, 4.69) is 37.7 Å². The number of rotatable bonds is 7.